The van der Waals surface area contributed by atoms with Gasteiger partial charge in [0.2, 0.25) is 0 Å². The number of nitrogens with zero attached hydrogens (tertiary/aromatic N) is 2. The van der Waals surface area contributed by atoms with Crippen molar-refractivity contribution < 1.29 is 0 Å². The summed E-state index contributed by atoms with van der Waals surface area (Å²) in [4.78, 5) is 4.80. The van der Waals surface area contributed by atoms with E-state index < -0.39 is 0 Å². The molecule has 1 atom stereocenters. The lowest BCUT2D eigenvalue weighted by Crippen LogP contribution is -2.12. The molecular formula is C18H20ClN3. The third-order valence-corrected chi connectivity index (χ3v) is 4.30. The Morgan fingerprint density at radius 1 is 1.18 bits per heavy atom. The van der Waals surface area contributed by atoms with E-state index in [0.717, 1.165) is 29.0 Å². The van der Waals surface area contributed by atoms with Crippen molar-refractivity contribution in [1.82, 2.24) is 9.38 Å². The van der Waals surface area contributed by atoms with Gasteiger partial charge in [-0.2, -0.15) is 0 Å². The molecule has 0 saturated heterocycles. The number of benzene rings is 1. The van der Waals surface area contributed by atoms with E-state index in [1.807, 2.05) is 18.3 Å². The molecular weight excluding hydrogens is 294 g/mol. The van der Waals surface area contributed by atoms with Gasteiger partial charge in [0.15, 0.2) is 0 Å². The van der Waals surface area contributed by atoms with Crippen LogP contribution < -0.4 is 5.73 Å². The highest BCUT2D eigenvalue weighted by Crippen LogP contribution is 2.30. The van der Waals surface area contributed by atoms with Crippen LogP contribution in [0.1, 0.15) is 31.0 Å². The van der Waals surface area contributed by atoms with Crippen LogP contribution in [0.15, 0.2) is 42.6 Å². The number of hydrogen-bond acceptors (Lipinski definition) is 2. The van der Waals surface area contributed by atoms with Crippen LogP contribution >= 0.6 is 11.6 Å². The number of imidazole rings is 1. The molecule has 0 saturated carbocycles. The minimum atomic E-state index is 0.203. The van der Waals surface area contributed by atoms with Gasteiger partial charge < -0.3 is 10.1 Å². The smallest absolute Gasteiger partial charge is 0.137 e. The summed E-state index contributed by atoms with van der Waals surface area (Å²) in [6.45, 7) is 4.85. The predicted molar refractivity (Wildman–Crippen MR) is 92.5 cm³/mol. The molecule has 1 unspecified atom stereocenters. The maximum atomic E-state index is 6.15. The quantitative estimate of drug-likeness (QED) is 0.781. The lowest BCUT2D eigenvalue weighted by molar-refractivity contribution is 0.738. The third kappa shape index (κ3) is 2.62. The summed E-state index contributed by atoms with van der Waals surface area (Å²) in [6, 6.07) is 12.4. The van der Waals surface area contributed by atoms with Crippen LogP contribution in [0.25, 0.3) is 16.9 Å². The minimum absolute atomic E-state index is 0.203. The molecule has 0 aliphatic rings. The van der Waals surface area contributed by atoms with Crippen LogP contribution in [-0.4, -0.2) is 15.9 Å². The average molecular weight is 314 g/mol. The lowest BCUT2D eigenvalue weighted by Gasteiger charge is -2.12. The lowest BCUT2D eigenvalue weighted by atomic mass is 10.0. The van der Waals surface area contributed by atoms with E-state index >= 15 is 0 Å². The molecule has 0 amide bonds. The highest BCUT2D eigenvalue weighted by molar-refractivity contribution is 6.30. The molecule has 0 fully saturated rings. The van der Waals surface area contributed by atoms with Gasteiger partial charge in [-0.1, -0.05) is 49.7 Å². The molecule has 2 aromatic heterocycles. The number of aromatic nitrogens is 2. The normalized spacial score (nSPS) is 12.7. The molecule has 0 radical (unpaired) electrons. The Balaban J connectivity index is 2.22. The van der Waals surface area contributed by atoms with Crippen LogP contribution in [0.2, 0.25) is 5.02 Å². The molecule has 114 valence electrons. The van der Waals surface area contributed by atoms with Gasteiger partial charge in [-0.15, -0.1) is 0 Å². The summed E-state index contributed by atoms with van der Waals surface area (Å²) < 4.78 is 2.06. The van der Waals surface area contributed by atoms with Crippen LogP contribution in [0.3, 0.4) is 0 Å². The van der Waals surface area contributed by atoms with E-state index in [1.165, 1.54) is 5.56 Å². The Bertz CT molecular complexity index is 790. The van der Waals surface area contributed by atoms with Crippen LogP contribution in [0, 0.1) is 0 Å². The SMILES string of the molecule is CCc1ccc(-c2nc3ccc(Cl)cn3c2C(C)CN)cc1. The van der Waals surface area contributed by atoms with Crippen molar-refractivity contribution in [3.05, 3.63) is 58.9 Å². The Hall–Kier alpha value is -1.84. The largest absolute Gasteiger partial charge is 0.330 e. The van der Waals surface area contributed by atoms with Gasteiger partial charge in [0, 0.05) is 24.2 Å². The van der Waals surface area contributed by atoms with E-state index in [-0.39, 0.29) is 5.92 Å². The first kappa shape index (κ1) is 15.1. The molecule has 2 N–H and O–H groups in total. The van der Waals surface area contributed by atoms with Crippen molar-refractivity contribution in [2.45, 2.75) is 26.2 Å². The monoisotopic (exact) mass is 313 g/mol. The van der Waals surface area contributed by atoms with E-state index in [4.69, 9.17) is 22.3 Å². The zero-order chi connectivity index (χ0) is 15.7. The van der Waals surface area contributed by atoms with Crippen molar-refractivity contribution in [2.75, 3.05) is 6.54 Å². The fourth-order valence-electron chi connectivity index (χ4n) is 2.73. The molecule has 0 aliphatic carbocycles. The van der Waals surface area contributed by atoms with Crippen molar-refractivity contribution in [3.8, 4) is 11.3 Å². The van der Waals surface area contributed by atoms with Gasteiger partial charge in [-0.25, -0.2) is 4.98 Å². The first-order valence-electron chi connectivity index (χ1n) is 7.61. The van der Waals surface area contributed by atoms with Crippen molar-refractivity contribution in [3.63, 3.8) is 0 Å². The zero-order valence-electron chi connectivity index (χ0n) is 12.9. The van der Waals surface area contributed by atoms with E-state index in [0.29, 0.717) is 11.6 Å². The number of fused-ring (bicyclic) bond motifs is 1. The zero-order valence-corrected chi connectivity index (χ0v) is 13.6. The minimum Gasteiger partial charge on any atom is -0.330 e. The first-order valence-corrected chi connectivity index (χ1v) is 7.98. The summed E-state index contributed by atoms with van der Waals surface area (Å²) in [7, 11) is 0. The molecule has 3 rings (SSSR count). The highest BCUT2D eigenvalue weighted by atomic mass is 35.5. The molecule has 3 nitrogen and oxygen atoms in total. The Kier molecular flexibility index (Phi) is 4.19. The number of hydrogen-bond donors (Lipinski definition) is 1. The molecule has 1 aromatic carbocycles. The summed E-state index contributed by atoms with van der Waals surface area (Å²) >= 11 is 6.15. The van der Waals surface area contributed by atoms with E-state index in [1.54, 1.807) is 0 Å². The topological polar surface area (TPSA) is 43.3 Å². The third-order valence-electron chi connectivity index (χ3n) is 4.08. The molecule has 22 heavy (non-hydrogen) atoms. The Morgan fingerprint density at radius 2 is 1.91 bits per heavy atom. The van der Waals surface area contributed by atoms with Gasteiger partial charge in [0.1, 0.15) is 5.65 Å². The van der Waals surface area contributed by atoms with E-state index in [2.05, 4.69) is 42.5 Å². The second kappa shape index (κ2) is 6.11. The fraction of sp³-hybridized carbons (Fsp3) is 0.278. The highest BCUT2D eigenvalue weighted by Gasteiger charge is 2.18. The fourth-order valence-corrected chi connectivity index (χ4v) is 2.89. The van der Waals surface area contributed by atoms with Gasteiger partial charge in [-0.3, -0.25) is 0 Å². The molecule has 0 aliphatic heterocycles. The summed E-state index contributed by atoms with van der Waals surface area (Å²) in [6.07, 6.45) is 2.95. The summed E-state index contributed by atoms with van der Waals surface area (Å²) in [5, 5.41) is 0.697. The first-order chi connectivity index (χ1) is 10.6. The maximum Gasteiger partial charge on any atom is 0.137 e. The average Bonchev–Trinajstić information content (AvgIpc) is 2.92. The molecule has 3 aromatic rings. The number of nitrogens with two attached hydrogens (primary N) is 1. The molecule has 0 spiro atoms. The van der Waals surface area contributed by atoms with Gasteiger partial charge in [0.25, 0.3) is 0 Å². The number of aryl methyl sites for hydroxylation is 1. The number of pyridine rings is 1. The summed E-state index contributed by atoms with van der Waals surface area (Å²) in [5.74, 6) is 0.203. The molecule has 4 heteroatoms. The van der Waals surface area contributed by atoms with Crippen molar-refractivity contribution in [1.29, 1.82) is 0 Å². The second-order valence-corrected chi connectivity index (χ2v) is 6.04. The Labute approximate surface area is 135 Å². The van der Waals surface area contributed by atoms with Gasteiger partial charge in [-0.05, 0) is 24.1 Å². The number of rotatable bonds is 4. The van der Waals surface area contributed by atoms with Crippen molar-refractivity contribution in [2.24, 2.45) is 5.73 Å². The van der Waals surface area contributed by atoms with Gasteiger partial charge in [0.05, 0.1) is 16.4 Å². The van der Waals surface area contributed by atoms with Crippen molar-refractivity contribution >= 4 is 17.2 Å². The van der Waals surface area contributed by atoms with Crippen LogP contribution in [-0.2, 0) is 6.42 Å². The van der Waals surface area contributed by atoms with Crippen LogP contribution in [0.5, 0.6) is 0 Å². The molecule has 0 bridgehead atoms. The summed E-state index contributed by atoms with van der Waals surface area (Å²) in [5.41, 5.74) is 11.4. The van der Waals surface area contributed by atoms with Gasteiger partial charge >= 0.3 is 0 Å². The second-order valence-electron chi connectivity index (χ2n) is 5.61. The predicted octanol–water partition coefficient (Wildman–Crippen LogP) is 4.28. The standard InChI is InChI=1S/C18H20ClN3/c1-3-13-4-6-14(7-5-13)17-18(12(2)10-20)22-11-15(19)8-9-16(22)21-17/h4-9,11-12H,3,10,20H2,1-2H3. The molecule has 2 heterocycles. The van der Waals surface area contributed by atoms with Crippen LogP contribution in [0.4, 0.5) is 0 Å². The van der Waals surface area contributed by atoms with E-state index in [9.17, 15) is 0 Å². The Morgan fingerprint density at radius 3 is 2.55 bits per heavy atom. The maximum absolute atomic E-state index is 6.15. The number of halogens is 1.